The molecule has 88 valence electrons. The van der Waals surface area contributed by atoms with Gasteiger partial charge in [0.25, 0.3) is 0 Å². The molecule has 0 aliphatic carbocycles. The van der Waals surface area contributed by atoms with Crippen LogP contribution in [0.2, 0.25) is 5.02 Å². The Bertz CT molecular complexity index is 373. The quantitative estimate of drug-likeness (QED) is 0.862. The molecule has 0 spiro atoms. The lowest BCUT2D eigenvalue weighted by atomic mass is 10.1. The minimum Gasteiger partial charge on any atom is -0.326 e. The van der Waals surface area contributed by atoms with E-state index in [2.05, 4.69) is 11.8 Å². The lowest BCUT2D eigenvalue weighted by Gasteiger charge is -2.15. The van der Waals surface area contributed by atoms with Gasteiger partial charge in [-0.05, 0) is 18.1 Å². The highest BCUT2D eigenvalue weighted by Crippen LogP contribution is 2.20. The molecule has 1 heterocycles. The van der Waals surface area contributed by atoms with Crippen molar-refractivity contribution in [2.24, 2.45) is 11.7 Å². The van der Waals surface area contributed by atoms with Gasteiger partial charge in [-0.3, -0.25) is 4.90 Å². The minimum atomic E-state index is -0.236. The van der Waals surface area contributed by atoms with E-state index in [0.29, 0.717) is 23.0 Å². The summed E-state index contributed by atoms with van der Waals surface area (Å²) < 4.78 is 13.6. The summed E-state index contributed by atoms with van der Waals surface area (Å²) in [7, 11) is 0. The molecule has 4 heteroatoms. The van der Waals surface area contributed by atoms with Crippen LogP contribution >= 0.6 is 11.6 Å². The smallest absolute Gasteiger partial charge is 0.129 e. The molecule has 1 aliphatic rings. The Balaban J connectivity index is 2.05. The fourth-order valence-corrected chi connectivity index (χ4v) is 2.27. The van der Waals surface area contributed by atoms with Gasteiger partial charge in [0.2, 0.25) is 0 Å². The van der Waals surface area contributed by atoms with Gasteiger partial charge >= 0.3 is 0 Å². The first-order chi connectivity index (χ1) is 7.56. The van der Waals surface area contributed by atoms with E-state index in [-0.39, 0.29) is 11.9 Å². The van der Waals surface area contributed by atoms with Gasteiger partial charge in [-0.2, -0.15) is 0 Å². The summed E-state index contributed by atoms with van der Waals surface area (Å²) in [6, 6.07) is 5.03. The van der Waals surface area contributed by atoms with Crippen molar-refractivity contribution in [2.45, 2.75) is 19.5 Å². The van der Waals surface area contributed by atoms with Crippen molar-refractivity contribution in [1.82, 2.24) is 4.90 Å². The molecule has 1 fully saturated rings. The van der Waals surface area contributed by atoms with E-state index in [0.717, 1.165) is 13.1 Å². The third-order valence-corrected chi connectivity index (χ3v) is 3.39. The fourth-order valence-electron chi connectivity index (χ4n) is 2.12. The first-order valence-corrected chi connectivity index (χ1v) is 5.86. The number of benzene rings is 1. The summed E-state index contributed by atoms with van der Waals surface area (Å²) in [6.45, 7) is 4.51. The van der Waals surface area contributed by atoms with Gasteiger partial charge in [0.05, 0.1) is 0 Å². The molecule has 0 aromatic heterocycles. The summed E-state index contributed by atoms with van der Waals surface area (Å²) in [5.74, 6) is 0.246. The average molecular weight is 243 g/mol. The number of hydrogen-bond acceptors (Lipinski definition) is 2. The predicted octanol–water partition coefficient (Wildman–Crippen LogP) is 2.26. The SMILES string of the molecule is CC1CN(Cc2ccc(Cl)cc2F)CC1N. The molecule has 1 aromatic rings. The molecule has 0 radical (unpaired) electrons. The Morgan fingerprint density at radius 2 is 2.25 bits per heavy atom. The van der Waals surface area contributed by atoms with Crippen molar-refractivity contribution in [2.75, 3.05) is 13.1 Å². The van der Waals surface area contributed by atoms with Gasteiger partial charge in [-0.25, -0.2) is 4.39 Å². The summed E-state index contributed by atoms with van der Waals surface area (Å²) >= 11 is 5.71. The number of nitrogens with zero attached hydrogens (tertiary/aromatic N) is 1. The van der Waals surface area contributed by atoms with E-state index in [1.54, 1.807) is 12.1 Å². The zero-order valence-electron chi connectivity index (χ0n) is 9.29. The molecule has 1 saturated heterocycles. The molecule has 0 saturated carbocycles. The van der Waals surface area contributed by atoms with Crippen molar-refractivity contribution < 1.29 is 4.39 Å². The van der Waals surface area contributed by atoms with E-state index in [9.17, 15) is 4.39 Å². The van der Waals surface area contributed by atoms with Crippen molar-refractivity contribution >= 4 is 11.6 Å². The first kappa shape index (κ1) is 11.8. The number of rotatable bonds is 2. The van der Waals surface area contributed by atoms with Gasteiger partial charge in [0.15, 0.2) is 0 Å². The van der Waals surface area contributed by atoms with Crippen LogP contribution in [0.5, 0.6) is 0 Å². The van der Waals surface area contributed by atoms with Crippen LogP contribution in [-0.2, 0) is 6.54 Å². The Labute approximate surface area is 100 Å². The Morgan fingerprint density at radius 3 is 2.81 bits per heavy atom. The van der Waals surface area contributed by atoms with E-state index in [4.69, 9.17) is 17.3 Å². The van der Waals surface area contributed by atoms with E-state index >= 15 is 0 Å². The molecule has 2 nitrogen and oxygen atoms in total. The molecule has 1 aromatic carbocycles. The van der Waals surface area contributed by atoms with Crippen LogP contribution in [0.1, 0.15) is 12.5 Å². The Kier molecular flexibility index (Phi) is 3.47. The summed E-state index contributed by atoms with van der Waals surface area (Å²) in [6.07, 6.45) is 0. The molecule has 1 aliphatic heterocycles. The molecule has 2 unspecified atom stereocenters. The van der Waals surface area contributed by atoms with E-state index in [1.165, 1.54) is 6.07 Å². The van der Waals surface area contributed by atoms with Crippen molar-refractivity contribution in [3.63, 3.8) is 0 Å². The first-order valence-electron chi connectivity index (χ1n) is 5.48. The number of likely N-dealkylation sites (tertiary alicyclic amines) is 1. The zero-order chi connectivity index (χ0) is 11.7. The van der Waals surface area contributed by atoms with Crippen LogP contribution in [0.4, 0.5) is 4.39 Å². The summed E-state index contributed by atoms with van der Waals surface area (Å²) in [4.78, 5) is 2.18. The molecule has 2 rings (SSSR count). The second-order valence-electron chi connectivity index (χ2n) is 4.57. The van der Waals surface area contributed by atoms with Crippen molar-refractivity contribution in [3.05, 3.63) is 34.6 Å². The number of hydrogen-bond donors (Lipinski definition) is 1. The molecule has 0 amide bonds. The van der Waals surface area contributed by atoms with Gasteiger partial charge < -0.3 is 5.73 Å². The predicted molar refractivity (Wildman–Crippen MR) is 63.8 cm³/mol. The van der Waals surface area contributed by atoms with Crippen molar-refractivity contribution in [3.8, 4) is 0 Å². The van der Waals surface area contributed by atoms with Gasteiger partial charge in [-0.1, -0.05) is 24.6 Å². The van der Waals surface area contributed by atoms with E-state index < -0.39 is 0 Å². The topological polar surface area (TPSA) is 29.3 Å². The minimum absolute atomic E-state index is 0.204. The van der Waals surface area contributed by atoms with E-state index in [1.807, 2.05) is 0 Å². The van der Waals surface area contributed by atoms with Crippen LogP contribution in [0, 0.1) is 11.7 Å². The van der Waals surface area contributed by atoms with Crippen LogP contribution in [0.15, 0.2) is 18.2 Å². The third kappa shape index (κ3) is 2.54. The Hall–Kier alpha value is -0.640. The summed E-state index contributed by atoms with van der Waals surface area (Å²) in [5.41, 5.74) is 6.61. The monoisotopic (exact) mass is 242 g/mol. The van der Waals surface area contributed by atoms with Crippen LogP contribution in [0.3, 0.4) is 0 Å². The average Bonchev–Trinajstić information content (AvgIpc) is 2.51. The second kappa shape index (κ2) is 4.70. The molecule has 2 atom stereocenters. The van der Waals surface area contributed by atoms with Crippen LogP contribution in [0.25, 0.3) is 0 Å². The molecular weight excluding hydrogens is 227 g/mol. The maximum absolute atomic E-state index is 13.6. The molecule has 2 N–H and O–H groups in total. The highest BCUT2D eigenvalue weighted by Gasteiger charge is 2.26. The molecular formula is C12H16ClFN2. The Morgan fingerprint density at radius 1 is 1.50 bits per heavy atom. The normalized spacial score (nSPS) is 26.2. The molecule has 0 bridgehead atoms. The largest absolute Gasteiger partial charge is 0.326 e. The van der Waals surface area contributed by atoms with Gasteiger partial charge in [0.1, 0.15) is 5.82 Å². The maximum atomic E-state index is 13.6. The number of nitrogens with two attached hydrogens (primary N) is 1. The van der Waals surface area contributed by atoms with Gasteiger partial charge in [0, 0.05) is 36.3 Å². The van der Waals surface area contributed by atoms with Crippen LogP contribution < -0.4 is 5.73 Å². The zero-order valence-corrected chi connectivity index (χ0v) is 10.0. The van der Waals surface area contributed by atoms with Gasteiger partial charge in [-0.15, -0.1) is 0 Å². The highest BCUT2D eigenvalue weighted by atomic mass is 35.5. The number of halogens is 2. The van der Waals surface area contributed by atoms with Crippen LogP contribution in [-0.4, -0.2) is 24.0 Å². The maximum Gasteiger partial charge on any atom is 0.129 e. The highest BCUT2D eigenvalue weighted by molar-refractivity contribution is 6.30. The summed E-state index contributed by atoms with van der Waals surface area (Å²) in [5, 5.41) is 0.438. The fraction of sp³-hybridized carbons (Fsp3) is 0.500. The lowest BCUT2D eigenvalue weighted by Crippen LogP contribution is -2.28. The molecule has 16 heavy (non-hydrogen) atoms. The lowest BCUT2D eigenvalue weighted by molar-refractivity contribution is 0.313. The van der Waals surface area contributed by atoms with Crippen molar-refractivity contribution in [1.29, 1.82) is 0 Å². The third-order valence-electron chi connectivity index (χ3n) is 3.16. The standard InChI is InChI=1S/C12H16ClFN2/c1-8-5-16(7-12(8)15)6-9-2-3-10(13)4-11(9)14/h2-4,8,12H,5-7,15H2,1H3. The second-order valence-corrected chi connectivity index (χ2v) is 5.01.